The zero-order chi connectivity index (χ0) is 12.3. The highest BCUT2D eigenvalue weighted by Gasteiger charge is 2.11. The van der Waals surface area contributed by atoms with Gasteiger partial charge in [0.15, 0.2) is 5.78 Å². The maximum Gasteiger partial charge on any atom is 0.152 e. The summed E-state index contributed by atoms with van der Waals surface area (Å²) in [6.07, 6.45) is 2.41. The van der Waals surface area contributed by atoms with Crippen LogP contribution in [0.5, 0.6) is 0 Å². The van der Waals surface area contributed by atoms with Crippen molar-refractivity contribution in [2.75, 3.05) is 0 Å². The number of aromatic nitrogens is 2. The number of aryl methyl sites for hydroxylation is 1. The third-order valence-electron chi connectivity index (χ3n) is 2.91. The van der Waals surface area contributed by atoms with E-state index in [2.05, 4.69) is 11.9 Å². The van der Waals surface area contributed by atoms with E-state index in [1.807, 2.05) is 35.8 Å². The highest BCUT2D eigenvalue weighted by molar-refractivity contribution is 5.82. The van der Waals surface area contributed by atoms with Crippen LogP contribution in [0.4, 0.5) is 0 Å². The molecule has 1 heterocycles. The summed E-state index contributed by atoms with van der Waals surface area (Å²) >= 11 is 0. The Morgan fingerprint density at radius 2 is 2.06 bits per heavy atom. The van der Waals surface area contributed by atoms with Gasteiger partial charge in [0.1, 0.15) is 5.82 Å². The van der Waals surface area contributed by atoms with E-state index < -0.39 is 0 Å². The molecule has 3 nitrogen and oxygen atoms in total. The summed E-state index contributed by atoms with van der Waals surface area (Å²) in [4.78, 5) is 16.3. The van der Waals surface area contributed by atoms with Gasteiger partial charge in [-0.25, -0.2) is 4.98 Å². The first-order valence-corrected chi connectivity index (χ1v) is 6.22. The molecule has 0 unspecified atom stereocenters. The van der Waals surface area contributed by atoms with Crippen LogP contribution in [0.3, 0.4) is 0 Å². The molecular formula is C14H18N2O. The van der Waals surface area contributed by atoms with Gasteiger partial charge in [-0.1, -0.05) is 26.0 Å². The number of imidazole rings is 1. The van der Waals surface area contributed by atoms with Crippen LogP contribution in [-0.2, 0) is 17.8 Å². The van der Waals surface area contributed by atoms with Crippen LogP contribution in [-0.4, -0.2) is 15.3 Å². The van der Waals surface area contributed by atoms with Crippen molar-refractivity contribution in [3.63, 3.8) is 0 Å². The molecule has 0 aliphatic heterocycles. The highest BCUT2D eigenvalue weighted by atomic mass is 16.1. The van der Waals surface area contributed by atoms with Crippen LogP contribution in [0, 0.1) is 0 Å². The van der Waals surface area contributed by atoms with Gasteiger partial charge in [0.05, 0.1) is 17.6 Å². The van der Waals surface area contributed by atoms with Crippen molar-refractivity contribution in [3.8, 4) is 0 Å². The zero-order valence-corrected chi connectivity index (χ0v) is 10.4. The van der Waals surface area contributed by atoms with Gasteiger partial charge in [-0.05, 0) is 18.6 Å². The van der Waals surface area contributed by atoms with Crippen LogP contribution in [0.2, 0.25) is 0 Å². The summed E-state index contributed by atoms with van der Waals surface area (Å²) in [6, 6.07) is 7.99. The maximum absolute atomic E-state index is 11.8. The fourth-order valence-corrected chi connectivity index (χ4v) is 2.11. The highest BCUT2D eigenvalue weighted by Crippen LogP contribution is 2.16. The van der Waals surface area contributed by atoms with Gasteiger partial charge >= 0.3 is 0 Å². The molecule has 1 aromatic heterocycles. The standard InChI is InChI=1S/C14H18N2O/c1-3-7-11(17)10-16-13-9-6-5-8-12(13)15-14(16)4-2/h5-6,8-9H,3-4,7,10H2,1-2H3. The zero-order valence-electron chi connectivity index (χ0n) is 10.4. The number of carbonyl (C=O) groups excluding carboxylic acids is 1. The Labute approximate surface area is 101 Å². The van der Waals surface area contributed by atoms with Gasteiger partial charge in [-0.2, -0.15) is 0 Å². The summed E-state index contributed by atoms with van der Waals surface area (Å²) in [7, 11) is 0. The molecule has 0 saturated heterocycles. The number of hydrogen-bond donors (Lipinski definition) is 0. The fourth-order valence-electron chi connectivity index (χ4n) is 2.11. The van der Waals surface area contributed by atoms with Gasteiger partial charge in [-0.15, -0.1) is 0 Å². The Bertz CT molecular complexity index is 528. The topological polar surface area (TPSA) is 34.9 Å². The second-order valence-electron chi connectivity index (χ2n) is 4.25. The van der Waals surface area contributed by atoms with Crippen molar-refractivity contribution in [3.05, 3.63) is 30.1 Å². The minimum absolute atomic E-state index is 0.283. The third-order valence-corrected chi connectivity index (χ3v) is 2.91. The van der Waals surface area contributed by atoms with Crippen LogP contribution in [0.1, 0.15) is 32.5 Å². The molecule has 0 N–H and O–H groups in total. The third kappa shape index (κ3) is 2.38. The van der Waals surface area contributed by atoms with Crippen molar-refractivity contribution in [2.45, 2.75) is 39.7 Å². The molecular weight excluding hydrogens is 212 g/mol. The van der Waals surface area contributed by atoms with Gasteiger partial charge in [0, 0.05) is 12.8 Å². The molecule has 1 aromatic carbocycles. The molecule has 90 valence electrons. The number of ketones is 1. The van der Waals surface area contributed by atoms with E-state index in [4.69, 9.17) is 0 Å². The minimum atomic E-state index is 0.283. The van der Waals surface area contributed by atoms with Gasteiger partial charge in [-0.3, -0.25) is 4.79 Å². The molecule has 0 atom stereocenters. The number of carbonyl (C=O) groups is 1. The Morgan fingerprint density at radius 1 is 1.29 bits per heavy atom. The number of nitrogens with zero attached hydrogens (tertiary/aromatic N) is 2. The van der Waals surface area contributed by atoms with E-state index >= 15 is 0 Å². The predicted molar refractivity (Wildman–Crippen MR) is 69.0 cm³/mol. The second-order valence-corrected chi connectivity index (χ2v) is 4.25. The Morgan fingerprint density at radius 3 is 2.76 bits per heavy atom. The van der Waals surface area contributed by atoms with Crippen molar-refractivity contribution in [2.24, 2.45) is 0 Å². The molecule has 0 fully saturated rings. The number of para-hydroxylation sites is 2. The molecule has 17 heavy (non-hydrogen) atoms. The Kier molecular flexibility index (Phi) is 3.57. The maximum atomic E-state index is 11.8. The van der Waals surface area contributed by atoms with E-state index in [0.717, 1.165) is 29.7 Å². The van der Waals surface area contributed by atoms with Crippen molar-refractivity contribution < 1.29 is 4.79 Å². The fraction of sp³-hybridized carbons (Fsp3) is 0.429. The molecule has 2 rings (SSSR count). The quantitative estimate of drug-likeness (QED) is 0.791. The second kappa shape index (κ2) is 5.13. The minimum Gasteiger partial charge on any atom is -0.320 e. The molecule has 0 spiro atoms. The SMILES string of the molecule is CCCC(=O)Cn1c(CC)nc2ccccc21. The molecule has 0 amide bonds. The van der Waals surface area contributed by atoms with Crippen LogP contribution < -0.4 is 0 Å². The molecule has 0 aliphatic rings. The number of hydrogen-bond acceptors (Lipinski definition) is 2. The van der Waals surface area contributed by atoms with Gasteiger partial charge < -0.3 is 4.57 Å². The smallest absolute Gasteiger partial charge is 0.152 e. The lowest BCUT2D eigenvalue weighted by molar-refractivity contribution is -0.119. The number of benzene rings is 1. The summed E-state index contributed by atoms with van der Waals surface area (Å²) in [6.45, 7) is 4.56. The first-order chi connectivity index (χ1) is 8.26. The van der Waals surface area contributed by atoms with Crippen LogP contribution >= 0.6 is 0 Å². The normalized spacial score (nSPS) is 10.9. The summed E-state index contributed by atoms with van der Waals surface area (Å²) < 4.78 is 2.05. The molecule has 0 bridgehead atoms. The summed E-state index contributed by atoms with van der Waals surface area (Å²) in [5, 5.41) is 0. The number of Topliss-reactive ketones (excluding diaryl/α,β-unsaturated/α-hetero) is 1. The van der Waals surface area contributed by atoms with Crippen LogP contribution in [0.25, 0.3) is 11.0 Å². The lowest BCUT2D eigenvalue weighted by atomic mass is 10.2. The average molecular weight is 230 g/mol. The predicted octanol–water partition coefficient (Wildman–Crippen LogP) is 2.97. The van der Waals surface area contributed by atoms with Crippen molar-refractivity contribution >= 4 is 16.8 Å². The van der Waals surface area contributed by atoms with Crippen molar-refractivity contribution in [1.29, 1.82) is 0 Å². The molecule has 3 heteroatoms. The van der Waals surface area contributed by atoms with E-state index in [9.17, 15) is 4.79 Å². The molecule has 0 saturated carbocycles. The van der Waals surface area contributed by atoms with E-state index in [0.29, 0.717) is 13.0 Å². The van der Waals surface area contributed by atoms with Crippen LogP contribution in [0.15, 0.2) is 24.3 Å². The first kappa shape index (κ1) is 11.8. The van der Waals surface area contributed by atoms with E-state index in [-0.39, 0.29) is 5.78 Å². The first-order valence-electron chi connectivity index (χ1n) is 6.22. The van der Waals surface area contributed by atoms with E-state index in [1.165, 1.54) is 0 Å². The lowest BCUT2D eigenvalue weighted by Crippen LogP contribution is -2.12. The average Bonchev–Trinajstić information content (AvgIpc) is 2.68. The summed E-state index contributed by atoms with van der Waals surface area (Å²) in [5.41, 5.74) is 2.04. The van der Waals surface area contributed by atoms with Gasteiger partial charge in [0.25, 0.3) is 0 Å². The Balaban J connectivity index is 2.39. The van der Waals surface area contributed by atoms with Gasteiger partial charge in [0.2, 0.25) is 0 Å². The summed E-state index contributed by atoms with van der Waals surface area (Å²) in [5.74, 6) is 1.28. The Hall–Kier alpha value is -1.64. The number of rotatable bonds is 5. The van der Waals surface area contributed by atoms with Crippen molar-refractivity contribution in [1.82, 2.24) is 9.55 Å². The largest absolute Gasteiger partial charge is 0.320 e. The molecule has 0 aliphatic carbocycles. The lowest BCUT2D eigenvalue weighted by Gasteiger charge is -2.06. The van der Waals surface area contributed by atoms with E-state index in [1.54, 1.807) is 0 Å². The monoisotopic (exact) mass is 230 g/mol. The molecule has 0 radical (unpaired) electrons. The number of fused-ring (bicyclic) bond motifs is 1. The molecule has 2 aromatic rings.